The van der Waals surface area contributed by atoms with Crippen LogP contribution < -0.4 is 20.9 Å². The summed E-state index contributed by atoms with van der Waals surface area (Å²) < 4.78 is 5.07. The molecule has 0 saturated carbocycles. The van der Waals surface area contributed by atoms with Crippen LogP contribution in [0.15, 0.2) is 72.8 Å². The van der Waals surface area contributed by atoms with Gasteiger partial charge in [0.1, 0.15) is 5.75 Å². The van der Waals surface area contributed by atoms with Crippen LogP contribution >= 0.6 is 0 Å². The topological polar surface area (TPSA) is 96.5 Å². The molecular weight excluding hydrogens is 382 g/mol. The predicted molar refractivity (Wildman–Crippen MR) is 114 cm³/mol. The van der Waals surface area contributed by atoms with Crippen molar-refractivity contribution in [3.8, 4) is 5.75 Å². The van der Waals surface area contributed by atoms with Crippen LogP contribution in [0.2, 0.25) is 0 Å². The molecule has 0 aromatic heterocycles. The van der Waals surface area contributed by atoms with E-state index in [0.29, 0.717) is 28.1 Å². The standard InChI is InChI=1S/C23H21N3O4/c1-15-4-3-5-18(14-15)23(29)26-25-22(28)17-6-10-19(11-7-17)24-21(27)16-8-12-20(30-2)13-9-16/h3-14H,1-2H3,(H,24,27)(H,25,28)(H,26,29). The van der Waals surface area contributed by atoms with E-state index in [-0.39, 0.29) is 5.91 Å². The molecular formula is C23H21N3O4. The summed E-state index contributed by atoms with van der Waals surface area (Å²) in [5, 5.41) is 2.76. The molecule has 0 fully saturated rings. The maximum absolute atomic E-state index is 12.3. The monoisotopic (exact) mass is 403 g/mol. The lowest BCUT2D eigenvalue weighted by atomic mass is 10.1. The summed E-state index contributed by atoms with van der Waals surface area (Å²) in [5.41, 5.74) is 7.51. The number of hydrogen-bond donors (Lipinski definition) is 3. The lowest BCUT2D eigenvalue weighted by Crippen LogP contribution is -2.41. The molecule has 0 aliphatic heterocycles. The summed E-state index contributed by atoms with van der Waals surface area (Å²) in [4.78, 5) is 36.6. The van der Waals surface area contributed by atoms with E-state index >= 15 is 0 Å². The zero-order valence-corrected chi connectivity index (χ0v) is 16.6. The number of hydrogen-bond acceptors (Lipinski definition) is 4. The Morgan fingerprint density at radius 2 is 1.27 bits per heavy atom. The highest BCUT2D eigenvalue weighted by atomic mass is 16.5. The minimum absolute atomic E-state index is 0.278. The molecule has 0 unspecified atom stereocenters. The van der Waals surface area contributed by atoms with Gasteiger partial charge in [0.05, 0.1) is 7.11 Å². The Morgan fingerprint density at radius 1 is 0.700 bits per heavy atom. The van der Waals surface area contributed by atoms with E-state index in [9.17, 15) is 14.4 Å². The van der Waals surface area contributed by atoms with E-state index in [1.165, 1.54) is 0 Å². The van der Waals surface area contributed by atoms with Gasteiger partial charge in [-0.2, -0.15) is 0 Å². The molecule has 0 aliphatic carbocycles. The Balaban J connectivity index is 1.55. The molecule has 3 amide bonds. The van der Waals surface area contributed by atoms with Gasteiger partial charge in [0, 0.05) is 22.4 Å². The van der Waals surface area contributed by atoms with Gasteiger partial charge < -0.3 is 10.1 Å². The minimum atomic E-state index is -0.468. The van der Waals surface area contributed by atoms with Gasteiger partial charge in [-0.05, 0) is 67.6 Å². The van der Waals surface area contributed by atoms with Crippen LogP contribution in [0.25, 0.3) is 0 Å². The van der Waals surface area contributed by atoms with E-state index in [4.69, 9.17) is 4.74 Å². The van der Waals surface area contributed by atoms with Crippen LogP contribution in [-0.4, -0.2) is 24.8 Å². The Morgan fingerprint density at radius 3 is 1.87 bits per heavy atom. The number of amides is 3. The van der Waals surface area contributed by atoms with Crippen molar-refractivity contribution in [2.75, 3.05) is 12.4 Å². The van der Waals surface area contributed by atoms with Gasteiger partial charge in [-0.25, -0.2) is 0 Å². The van der Waals surface area contributed by atoms with Crippen molar-refractivity contribution in [1.82, 2.24) is 10.9 Å². The van der Waals surface area contributed by atoms with Crippen molar-refractivity contribution >= 4 is 23.4 Å². The van der Waals surface area contributed by atoms with Crippen molar-refractivity contribution in [2.45, 2.75) is 6.92 Å². The van der Waals surface area contributed by atoms with Crippen LogP contribution in [0.4, 0.5) is 5.69 Å². The van der Waals surface area contributed by atoms with Crippen molar-refractivity contribution in [1.29, 1.82) is 0 Å². The third-order valence-electron chi connectivity index (χ3n) is 4.33. The van der Waals surface area contributed by atoms with Crippen molar-refractivity contribution in [3.05, 3.63) is 95.1 Å². The average molecular weight is 403 g/mol. The summed E-state index contributed by atoms with van der Waals surface area (Å²) >= 11 is 0. The molecule has 7 heteroatoms. The molecule has 0 saturated heterocycles. The van der Waals surface area contributed by atoms with Crippen LogP contribution in [0.5, 0.6) is 5.75 Å². The molecule has 0 radical (unpaired) electrons. The van der Waals surface area contributed by atoms with E-state index in [0.717, 1.165) is 5.56 Å². The first-order chi connectivity index (χ1) is 14.5. The Kier molecular flexibility index (Phi) is 6.44. The van der Waals surface area contributed by atoms with Crippen LogP contribution in [-0.2, 0) is 0 Å². The maximum atomic E-state index is 12.3. The highest BCUT2D eigenvalue weighted by molar-refractivity contribution is 6.04. The van der Waals surface area contributed by atoms with Crippen LogP contribution in [0.3, 0.4) is 0 Å². The number of aryl methyl sites for hydroxylation is 1. The zero-order valence-electron chi connectivity index (χ0n) is 16.6. The van der Waals surface area contributed by atoms with Gasteiger partial charge in [-0.1, -0.05) is 17.7 Å². The number of carbonyl (C=O) groups is 3. The van der Waals surface area contributed by atoms with E-state index in [1.807, 2.05) is 13.0 Å². The minimum Gasteiger partial charge on any atom is -0.497 e. The normalized spacial score (nSPS) is 10.1. The SMILES string of the molecule is COc1ccc(C(=O)Nc2ccc(C(=O)NNC(=O)c3cccc(C)c3)cc2)cc1. The fourth-order valence-corrected chi connectivity index (χ4v) is 2.69. The van der Waals surface area contributed by atoms with Gasteiger partial charge in [0.15, 0.2) is 0 Å². The number of anilines is 1. The lowest BCUT2D eigenvalue weighted by Gasteiger charge is -2.09. The number of carbonyl (C=O) groups excluding carboxylic acids is 3. The van der Waals surface area contributed by atoms with Gasteiger partial charge >= 0.3 is 0 Å². The first-order valence-electron chi connectivity index (χ1n) is 9.19. The molecule has 0 aliphatic rings. The molecule has 0 atom stereocenters. The molecule has 7 nitrogen and oxygen atoms in total. The molecule has 30 heavy (non-hydrogen) atoms. The van der Waals surface area contributed by atoms with Gasteiger partial charge in [-0.3, -0.25) is 25.2 Å². The summed E-state index contributed by atoms with van der Waals surface area (Å²) in [7, 11) is 1.56. The molecule has 3 aromatic carbocycles. The molecule has 152 valence electrons. The average Bonchev–Trinajstić information content (AvgIpc) is 2.77. The number of benzene rings is 3. The number of ether oxygens (including phenoxy) is 1. The van der Waals surface area contributed by atoms with Gasteiger partial charge in [-0.15, -0.1) is 0 Å². The second kappa shape index (κ2) is 9.38. The molecule has 3 N–H and O–H groups in total. The first-order valence-corrected chi connectivity index (χ1v) is 9.19. The third kappa shape index (κ3) is 5.23. The Bertz CT molecular complexity index is 1060. The predicted octanol–water partition coefficient (Wildman–Crippen LogP) is 3.33. The summed E-state index contributed by atoms with van der Waals surface area (Å²) in [6, 6.07) is 20.1. The molecule has 3 rings (SSSR count). The lowest BCUT2D eigenvalue weighted by molar-refractivity contribution is 0.0846. The second-order valence-electron chi connectivity index (χ2n) is 6.54. The van der Waals surface area contributed by atoms with Crippen LogP contribution in [0.1, 0.15) is 36.6 Å². The largest absolute Gasteiger partial charge is 0.497 e. The summed E-state index contributed by atoms with van der Waals surface area (Å²) in [6.45, 7) is 1.88. The zero-order chi connectivity index (χ0) is 21.5. The maximum Gasteiger partial charge on any atom is 0.269 e. The number of hydrazine groups is 1. The number of rotatable bonds is 5. The molecule has 3 aromatic rings. The smallest absolute Gasteiger partial charge is 0.269 e. The summed E-state index contributed by atoms with van der Waals surface area (Å²) in [6.07, 6.45) is 0. The Labute approximate surface area is 174 Å². The van der Waals surface area contributed by atoms with Crippen molar-refractivity contribution < 1.29 is 19.1 Å². The van der Waals surface area contributed by atoms with Crippen LogP contribution in [0, 0.1) is 6.92 Å². The van der Waals surface area contributed by atoms with Gasteiger partial charge in [0.25, 0.3) is 17.7 Å². The van der Waals surface area contributed by atoms with E-state index in [2.05, 4.69) is 16.2 Å². The van der Waals surface area contributed by atoms with Crippen molar-refractivity contribution in [3.63, 3.8) is 0 Å². The van der Waals surface area contributed by atoms with E-state index in [1.54, 1.807) is 73.8 Å². The molecule has 0 spiro atoms. The number of methoxy groups -OCH3 is 1. The summed E-state index contributed by atoms with van der Waals surface area (Å²) in [5.74, 6) is -0.490. The number of nitrogens with one attached hydrogen (secondary N) is 3. The first kappa shape index (κ1) is 20.6. The fourth-order valence-electron chi connectivity index (χ4n) is 2.69. The highest BCUT2D eigenvalue weighted by Crippen LogP contribution is 2.14. The highest BCUT2D eigenvalue weighted by Gasteiger charge is 2.10. The van der Waals surface area contributed by atoms with Gasteiger partial charge in [0.2, 0.25) is 0 Å². The van der Waals surface area contributed by atoms with Crippen molar-refractivity contribution in [2.24, 2.45) is 0 Å². The molecule has 0 bridgehead atoms. The molecule has 0 heterocycles. The quantitative estimate of drug-likeness (QED) is 0.570. The Hall–Kier alpha value is -4.13. The fraction of sp³-hybridized carbons (Fsp3) is 0.0870. The second-order valence-corrected chi connectivity index (χ2v) is 6.54. The van der Waals surface area contributed by atoms with E-state index < -0.39 is 11.8 Å². The third-order valence-corrected chi connectivity index (χ3v) is 4.33.